The molecule has 0 bridgehead atoms. The minimum Gasteiger partial charge on any atom is -0.336 e. The number of hydrogen-bond donors (Lipinski definition) is 0. The zero-order valence-electron chi connectivity index (χ0n) is 16.9. The number of nitrogens with zero attached hydrogens (tertiary/aromatic N) is 3. The van der Waals surface area contributed by atoms with Crippen LogP contribution in [0.4, 0.5) is 5.69 Å². The summed E-state index contributed by atoms with van der Waals surface area (Å²) in [5.41, 5.74) is 2.04. The molecule has 30 heavy (non-hydrogen) atoms. The molecule has 158 valence electrons. The second-order valence-electron chi connectivity index (χ2n) is 7.88. The highest BCUT2D eigenvalue weighted by Gasteiger charge is 2.41. The Morgan fingerprint density at radius 2 is 1.60 bits per heavy atom. The molecule has 0 saturated carbocycles. The standard InChI is InChI=1S/C22H25N3O4S/c1-17-16-30(28,29)25(21(17)26)20-9-7-19(8-10-20)22(27)24-13-11-23(12-14-24)15-18-5-3-2-4-6-18/h2-10,17H,11-16H2,1H3. The summed E-state index contributed by atoms with van der Waals surface area (Å²) in [7, 11) is -3.64. The Hall–Kier alpha value is -2.71. The van der Waals surface area contributed by atoms with Gasteiger partial charge in [0.05, 0.1) is 17.4 Å². The fraction of sp³-hybridized carbons (Fsp3) is 0.364. The van der Waals surface area contributed by atoms with Crippen LogP contribution in [0.5, 0.6) is 0 Å². The molecule has 2 aliphatic rings. The summed E-state index contributed by atoms with van der Waals surface area (Å²) >= 11 is 0. The van der Waals surface area contributed by atoms with Crippen LogP contribution in [0.1, 0.15) is 22.8 Å². The molecule has 0 radical (unpaired) electrons. The van der Waals surface area contributed by atoms with Crippen molar-refractivity contribution >= 4 is 27.5 Å². The molecule has 8 heteroatoms. The Morgan fingerprint density at radius 3 is 2.17 bits per heavy atom. The van der Waals surface area contributed by atoms with E-state index < -0.39 is 21.8 Å². The predicted molar refractivity (Wildman–Crippen MR) is 115 cm³/mol. The van der Waals surface area contributed by atoms with Crippen LogP contribution in [0.25, 0.3) is 0 Å². The number of rotatable bonds is 4. The molecular weight excluding hydrogens is 402 g/mol. The number of carbonyl (C=O) groups excluding carboxylic acids is 2. The van der Waals surface area contributed by atoms with Gasteiger partial charge in [0, 0.05) is 38.3 Å². The first kappa shape index (κ1) is 20.6. The summed E-state index contributed by atoms with van der Waals surface area (Å²) in [6.07, 6.45) is 0. The van der Waals surface area contributed by atoms with E-state index in [0.717, 1.165) is 23.9 Å². The smallest absolute Gasteiger partial charge is 0.253 e. The molecule has 1 atom stereocenters. The summed E-state index contributed by atoms with van der Waals surface area (Å²) < 4.78 is 25.3. The van der Waals surface area contributed by atoms with E-state index >= 15 is 0 Å². The van der Waals surface area contributed by atoms with E-state index in [1.165, 1.54) is 17.7 Å². The van der Waals surface area contributed by atoms with Crippen LogP contribution < -0.4 is 4.31 Å². The van der Waals surface area contributed by atoms with Crippen molar-refractivity contribution in [1.82, 2.24) is 9.80 Å². The molecule has 2 saturated heterocycles. The average Bonchev–Trinajstić information content (AvgIpc) is 2.95. The molecule has 7 nitrogen and oxygen atoms in total. The topological polar surface area (TPSA) is 78.0 Å². The molecular formula is C22H25N3O4S. The molecule has 2 aromatic carbocycles. The molecule has 0 aromatic heterocycles. The monoisotopic (exact) mass is 427 g/mol. The fourth-order valence-corrected chi connectivity index (χ4v) is 5.78. The van der Waals surface area contributed by atoms with Crippen LogP contribution in [0, 0.1) is 5.92 Å². The van der Waals surface area contributed by atoms with Crippen molar-refractivity contribution in [3.63, 3.8) is 0 Å². The minimum absolute atomic E-state index is 0.0788. The van der Waals surface area contributed by atoms with Crippen molar-refractivity contribution in [1.29, 1.82) is 0 Å². The third-order valence-corrected chi connectivity index (χ3v) is 7.49. The molecule has 2 fully saturated rings. The zero-order chi connectivity index (χ0) is 21.3. The van der Waals surface area contributed by atoms with Gasteiger partial charge in [0.25, 0.3) is 5.91 Å². The van der Waals surface area contributed by atoms with Gasteiger partial charge in [-0.15, -0.1) is 0 Å². The van der Waals surface area contributed by atoms with Gasteiger partial charge in [-0.05, 0) is 29.8 Å². The normalized spacial score (nSPS) is 21.8. The largest absolute Gasteiger partial charge is 0.336 e. The minimum atomic E-state index is -3.64. The van der Waals surface area contributed by atoms with E-state index in [1.54, 1.807) is 19.1 Å². The van der Waals surface area contributed by atoms with Crippen molar-refractivity contribution < 1.29 is 18.0 Å². The van der Waals surface area contributed by atoms with E-state index in [1.807, 2.05) is 23.1 Å². The highest BCUT2D eigenvalue weighted by atomic mass is 32.2. The Bertz CT molecular complexity index is 1030. The lowest BCUT2D eigenvalue weighted by atomic mass is 10.1. The van der Waals surface area contributed by atoms with Gasteiger partial charge in [-0.3, -0.25) is 14.5 Å². The van der Waals surface area contributed by atoms with E-state index in [2.05, 4.69) is 17.0 Å². The summed E-state index contributed by atoms with van der Waals surface area (Å²) in [5.74, 6) is -1.24. The average molecular weight is 428 g/mol. The molecule has 0 aliphatic carbocycles. The Balaban J connectivity index is 1.38. The molecule has 1 unspecified atom stereocenters. The molecule has 2 heterocycles. The third-order valence-electron chi connectivity index (χ3n) is 5.62. The maximum absolute atomic E-state index is 12.8. The lowest BCUT2D eigenvalue weighted by Crippen LogP contribution is -2.48. The lowest BCUT2D eigenvalue weighted by Gasteiger charge is -2.34. The SMILES string of the molecule is CC1CS(=O)(=O)N(c2ccc(C(=O)N3CCN(Cc4ccccc4)CC3)cc2)C1=O. The Kier molecular flexibility index (Phi) is 5.62. The zero-order valence-corrected chi connectivity index (χ0v) is 17.7. The van der Waals surface area contributed by atoms with Crippen LogP contribution in [-0.4, -0.2) is 62.0 Å². The molecule has 2 amide bonds. The van der Waals surface area contributed by atoms with Gasteiger partial charge in [-0.25, -0.2) is 12.7 Å². The first-order valence-corrected chi connectivity index (χ1v) is 11.7. The van der Waals surface area contributed by atoms with E-state index in [9.17, 15) is 18.0 Å². The van der Waals surface area contributed by atoms with E-state index in [0.29, 0.717) is 18.7 Å². The number of amides is 2. The number of carbonyl (C=O) groups is 2. The second-order valence-corrected chi connectivity index (χ2v) is 9.75. The number of hydrogen-bond acceptors (Lipinski definition) is 5. The van der Waals surface area contributed by atoms with Gasteiger partial charge in [0.2, 0.25) is 15.9 Å². The van der Waals surface area contributed by atoms with Gasteiger partial charge in [-0.2, -0.15) is 0 Å². The maximum Gasteiger partial charge on any atom is 0.253 e. The predicted octanol–water partition coefficient (Wildman–Crippen LogP) is 1.96. The Morgan fingerprint density at radius 1 is 0.967 bits per heavy atom. The number of benzene rings is 2. The summed E-state index contributed by atoms with van der Waals surface area (Å²) in [6, 6.07) is 16.5. The van der Waals surface area contributed by atoms with Crippen molar-refractivity contribution in [2.45, 2.75) is 13.5 Å². The van der Waals surface area contributed by atoms with E-state index in [-0.39, 0.29) is 17.3 Å². The van der Waals surface area contributed by atoms with Crippen LogP contribution in [0.3, 0.4) is 0 Å². The Labute approximate surface area is 176 Å². The number of piperazine rings is 1. The molecule has 0 N–H and O–H groups in total. The lowest BCUT2D eigenvalue weighted by molar-refractivity contribution is -0.119. The quantitative estimate of drug-likeness (QED) is 0.745. The van der Waals surface area contributed by atoms with Crippen LogP contribution >= 0.6 is 0 Å². The van der Waals surface area contributed by atoms with Crippen LogP contribution in [0.2, 0.25) is 0 Å². The second kappa shape index (κ2) is 8.20. The van der Waals surface area contributed by atoms with E-state index in [4.69, 9.17) is 0 Å². The molecule has 0 spiro atoms. The summed E-state index contributed by atoms with van der Waals surface area (Å²) in [4.78, 5) is 29.2. The van der Waals surface area contributed by atoms with Crippen molar-refractivity contribution in [2.75, 3.05) is 36.2 Å². The van der Waals surface area contributed by atoms with Crippen LogP contribution in [-0.2, 0) is 21.4 Å². The number of anilines is 1. The van der Waals surface area contributed by atoms with Gasteiger partial charge in [0.15, 0.2) is 0 Å². The first-order chi connectivity index (χ1) is 14.3. The summed E-state index contributed by atoms with van der Waals surface area (Å²) in [6.45, 7) is 5.37. The van der Waals surface area contributed by atoms with Crippen LogP contribution in [0.15, 0.2) is 54.6 Å². The summed E-state index contributed by atoms with van der Waals surface area (Å²) in [5, 5.41) is 0. The van der Waals surface area contributed by atoms with Crippen molar-refractivity contribution in [2.24, 2.45) is 5.92 Å². The van der Waals surface area contributed by atoms with Gasteiger partial charge >= 0.3 is 0 Å². The van der Waals surface area contributed by atoms with Crippen molar-refractivity contribution in [3.8, 4) is 0 Å². The van der Waals surface area contributed by atoms with Crippen molar-refractivity contribution in [3.05, 3.63) is 65.7 Å². The maximum atomic E-state index is 12.8. The number of sulfonamides is 1. The highest BCUT2D eigenvalue weighted by molar-refractivity contribution is 7.94. The third kappa shape index (κ3) is 4.11. The fourth-order valence-electron chi connectivity index (χ4n) is 3.96. The highest BCUT2D eigenvalue weighted by Crippen LogP contribution is 2.28. The van der Waals surface area contributed by atoms with Gasteiger partial charge in [-0.1, -0.05) is 37.3 Å². The molecule has 4 rings (SSSR count). The molecule has 2 aliphatic heterocycles. The first-order valence-electron chi connectivity index (χ1n) is 10.1. The van der Waals surface area contributed by atoms with Gasteiger partial charge in [0.1, 0.15) is 0 Å². The molecule has 2 aromatic rings. The van der Waals surface area contributed by atoms with Gasteiger partial charge < -0.3 is 4.90 Å².